The fourth-order valence-electron chi connectivity index (χ4n) is 1.47. The number of hydrogen-bond donors (Lipinski definition) is 1. The van der Waals surface area contributed by atoms with Gasteiger partial charge in [-0.15, -0.1) is 6.42 Å². The number of benzene rings is 1. The molecule has 0 unspecified atom stereocenters. The van der Waals surface area contributed by atoms with Crippen LogP contribution >= 0.6 is 15.9 Å². The fraction of sp³-hybridized carbons (Fsp3) is 0.357. The molecule has 0 spiro atoms. The van der Waals surface area contributed by atoms with Gasteiger partial charge in [0.1, 0.15) is 6.61 Å². The predicted molar refractivity (Wildman–Crippen MR) is 81.7 cm³/mol. The maximum absolute atomic E-state index is 13.1. The van der Waals surface area contributed by atoms with Gasteiger partial charge in [-0.25, -0.2) is 5.43 Å². The van der Waals surface area contributed by atoms with Gasteiger partial charge in [0.05, 0.1) is 13.3 Å². The van der Waals surface area contributed by atoms with Gasteiger partial charge >= 0.3 is 18.1 Å². The highest BCUT2D eigenvalue weighted by Crippen LogP contribution is 2.45. The summed E-state index contributed by atoms with van der Waals surface area (Å²) in [6.45, 7) is -0.101. The van der Waals surface area contributed by atoms with Gasteiger partial charge in [0.2, 0.25) is 0 Å². The van der Waals surface area contributed by atoms with Gasteiger partial charge in [0.25, 0.3) is 0 Å². The Bertz CT molecular complexity index is 714. The van der Waals surface area contributed by atoms with Gasteiger partial charge < -0.3 is 9.47 Å². The molecule has 0 saturated heterocycles. The standard InChI is InChI=1S/C14H10BrF7N2O2/c1-3-4-26-11-6-9(15)8(5-10(11)25-2)7-23-24-14(21,22)12(16,17)13(18,19)20/h1,5-7,24H,4H2,2H3/b23-7+. The van der Waals surface area contributed by atoms with Crippen molar-refractivity contribution < 1.29 is 40.2 Å². The molecular formula is C14H10BrF7N2O2. The van der Waals surface area contributed by atoms with Crippen LogP contribution in [-0.4, -0.2) is 38.1 Å². The molecule has 0 radical (unpaired) electrons. The minimum absolute atomic E-state index is 0.0218. The maximum Gasteiger partial charge on any atom is 0.462 e. The Balaban J connectivity index is 3.03. The molecule has 0 aromatic heterocycles. The van der Waals surface area contributed by atoms with Gasteiger partial charge in [0.15, 0.2) is 11.5 Å². The van der Waals surface area contributed by atoms with Crippen molar-refractivity contribution in [1.82, 2.24) is 5.43 Å². The second-order valence-corrected chi connectivity index (χ2v) is 5.39. The molecule has 1 N–H and O–H groups in total. The van der Waals surface area contributed by atoms with Crippen LogP contribution in [0.15, 0.2) is 21.7 Å². The summed E-state index contributed by atoms with van der Waals surface area (Å²) < 4.78 is 98.0. The van der Waals surface area contributed by atoms with E-state index in [1.54, 1.807) is 0 Å². The Labute approximate surface area is 151 Å². The first-order valence-corrected chi connectivity index (χ1v) is 7.23. The third-order valence-corrected chi connectivity index (χ3v) is 3.44. The molecule has 4 nitrogen and oxygen atoms in total. The van der Waals surface area contributed by atoms with E-state index in [1.165, 1.54) is 19.2 Å². The van der Waals surface area contributed by atoms with Crippen molar-refractivity contribution in [2.75, 3.05) is 13.7 Å². The minimum Gasteiger partial charge on any atom is -0.493 e. The molecule has 1 rings (SSSR count). The highest BCUT2D eigenvalue weighted by Gasteiger charge is 2.73. The normalized spacial score (nSPS) is 12.8. The lowest BCUT2D eigenvalue weighted by atomic mass is 10.2. The quantitative estimate of drug-likeness (QED) is 0.223. The molecule has 144 valence electrons. The van der Waals surface area contributed by atoms with Crippen LogP contribution in [0.4, 0.5) is 30.7 Å². The van der Waals surface area contributed by atoms with E-state index < -0.39 is 18.1 Å². The molecule has 0 saturated carbocycles. The maximum atomic E-state index is 13.1. The summed E-state index contributed by atoms with van der Waals surface area (Å²) in [6, 6.07) is -3.13. The van der Waals surface area contributed by atoms with Crippen LogP contribution in [0, 0.1) is 12.3 Å². The second-order valence-electron chi connectivity index (χ2n) is 4.53. The van der Waals surface area contributed by atoms with Crippen LogP contribution in [-0.2, 0) is 0 Å². The number of ether oxygens (including phenoxy) is 2. The number of nitrogens with one attached hydrogen (secondary N) is 1. The van der Waals surface area contributed by atoms with Crippen LogP contribution in [0.1, 0.15) is 5.56 Å². The van der Waals surface area contributed by atoms with Crippen molar-refractivity contribution in [3.8, 4) is 23.8 Å². The molecule has 12 heteroatoms. The van der Waals surface area contributed by atoms with Crippen molar-refractivity contribution in [3.05, 3.63) is 22.2 Å². The Kier molecular flexibility index (Phi) is 6.76. The SMILES string of the molecule is C#CCOc1cc(Br)c(/C=N/NC(F)(F)C(F)(F)C(F)(F)F)cc1OC. The fourth-order valence-corrected chi connectivity index (χ4v) is 1.90. The number of methoxy groups -OCH3 is 1. The first kappa shape index (κ1) is 21.9. The molecule has 1 aromatic carbocycles. The summed E-state index contributed by atoms with van der Waals surface area (Å²) in [5, 5.41) is 2.76. The number of hydrogen-bond acceptors (Lipinski definition) is 4. The van der Waals surface area contributed by atoms with Gasteiger partial charge in [0, 0.05) is 10.0 Å². The molecule has 0 aliphatic rings. The number of terminal acetylenes is 1. The number of rotatable bonds is 7. The van der Waals surface area contributed by atoms with E-state index in [9.17, 15) is 30.7 Å². The first-order valence-electron chi connectivity index (χ1n) is 6.43. The molecule has 1 aromatic rings. The van der Waals surface area contributed by atoms with E-state index >= 15 is 0 Å². The summed E-state index contributed by atoms with van der Waals surface area (Å²) in [5.41, 5.74) is 0.536. The monoisotopic (exact) mass is 450 g/mol. The van der Waals surface area contributed by atoms with Crippen LogP contribution in [0.25, 0.3) is 0 Å². The summed E-state index contributed by atoms with van der Waals surface area (Å²) >= 11 is 3.03. The molecule has 0 aliphatic heterocycles. The first-order chi connectivity index (χ1) is 11.9. The highest BCUT2D eigenvalue weighted by molar-refractivity contribution is 9.10. The van der Waals surface area contributed by atoms with E-state index in [0.717, 1.165) is 0 Å². The number of halogens is 8. The zero-order chi connectivity index (χ0) is 20.2. The largest absolute Gasteiger partial charge is 0.493 e. The van der Waals surface area contributed by atoms with Crippen LogP contribution < -0.4 is 14.9 Å². The van der Waals surface area contributed by atoms with Crippen LogP contribution in [0.5, 0.6) is 11.5 Å². The lowest BCUT2D eigenvalue weighted by Gasteiger charge is -2.27. The molecule has 0 amide bonds. The Morgan fingerprint density at radius 2 is 1.81 bits per heavy atom. The van der Waals surface area contributed by atoms with E-state index in [0.29, 0.717) is 11.6 Å². The predicted octanol–water partition coefficient (Wildman–Crippen LogP) is 4.18. The summed E-state index contributed by atoms with van der Waals surface area (Å²) in [5.74, 6) is -3.85. The van der Waals surface area contributed by atoms with Gasteiger partial charge in [-0.2, -0.15) is 35.8 Å². The highest BCUT2D eigenvalue weighted by atomic mass is 79.9. The smallest absolute Gasteiger partial charge is 0.462 e. The Morgan fingerprint density at radius 3 is 2.31 bits per heavy atom. The number of hydrazone groups is 1. The average Bonchev–Trinajstić information content (AvgIpc) is 2.53. The Morgan fingerprint density at radius 1 is 1.19 bits per heavy atom. The molecule has 0 atom stereocenters. The molecule has 0 aliphatic carbocycles. The molecule has 26 heavy (non-hydrogen) atoms. The summed E-state index contributed by atoms with van der Waals surface area (Å²) in [6.07, 6.45) is -0.826. The number of alkyl halides is 7. The van der Waals surface area contributed by atoms with E-state index in [2.05, 4.69) is 27.0 Å². The lowest BCUT2D eigenvalue weighted by Crippen LogP contribution is -2.58. The minimum atomic E-state index is -6.46. The third kappa shape index (κ3) is 4.72. The molecule has 0 heterocycles. The van der Waals surface area contributed by atoms with Crippen molar-refractivity contribution in [3.63, 3.8) is 0 Å². The zero-order valence-corrected chi connectivity index (χ0v) is 14.4. The van der Waals surface area contributed by atoms with Gasteiger partial charge in [-0.05, 0) is 28.1 Å². The topological polar surface area (TPSA) is 42.8 Å². The van der Waals surface area contributed by atoms with Crippen LogP contribution in [0.3, 0.4) is 0 Å². The molecule has 0 fully saturated rings. The summed E-state index contributed by atoms with van der Waals surface area (Å²) in [4.78, 5) is 0. The van der Waals surface area contributed by atoms with E-state index in [-0.39, 0.29) is 28.1 Å². The molecular weight excluding hydrogens is 441 g/mol. The van der Waals surface area contributed by atoms with Crippen molar-refractivity contribution in [2.45, 2.75) is 18.1 Å². The van der Waals surface area contributed by atoms with Crippen molar-refractivity contribution in [2.24, 2.45) is 5.10 Å². The van der Waals surface area contributed by atoms with Crippen LogP contribution in [0.2, 0.25) is 0 Å². The zero-order valence-electron chi connectivity index (χ0n) is 12.8. The van der Waals surface area contributed by atoms with Gasteiger partial charge in [-0.3, -0.25) is 0 Å². The third-order valence-electron chi connectivity index (χ3n) is 2.75. The summed E-state index contributed by atoms with van der Waals surface area (Å²) in [7, 11) is 1.25. The second kappa shape index (κ2) is 8.03. The lowest BCUT2D eigenvalue weighted by molar-refractivity contribution is -0.361. The Hall–Kier alpha value is -2.16. The van der Waals surface area contributed by atoms with E-state index in [4.69, 9.17) is 15.9 Å². The molecule has 0 bridgehead atoms. The van der Waals surface area contributed by atoms with Crippen molar-refractivity contribution >= 4 is 22.1 Å². The number of nitrogens with zero attached hydrogens (tertiary/aromatic N) is 1. The average molecular weight is 451 g/mol. The van der Waals surface area contributed by atoms with Crippen molar-refractivity contribution in [1.29, 1.82) is 0 Å². The van der Waals surface area contributed by atoms with Gasteiger partial charge in [-0.1, -0.05) is 5.92 Å². The van der Waals surface area contributed by atoms with E-state index in [1.807, 2.05) is 0 Å².